The molecule has 9 rings (SSSR count). The number of hydrogen-bond donors (Lipinski definition) is 0. The number of nitrogens with zero attached hydrogens (tertiary/aromatic N) is 2. The highest BCUT2D eigenvalue weighted by Crippen LogP contribution is 2.43. The summed E-state index contributed by atoms with van der Waals surface area (Å²) in [5.74, 6) is 0.619. The molecule has 0 atom stereocenters. The van der Waals surface area contributed by atoms with Crippen molar-refractivity contribution in [1.82, 2.24) is 4.98 Å². The van der Waals surface area contributed by atoms with E-state index in [1.165, 1.54) is 22.3 Å². The van der Waals surface area contributed by atoms with Gasteiger partial charge in [-0.25, -0.2) is 4.98 Å². The summed E-state index contributed by atoms with van der Waals surface area (Å²) >= 11 is 0. The second-order valence-corrected chi connectivity index (χ2v) is 12.0. The van der Waals surface area contributed by atoms with Crippen LogP contribution >= 0.6 is 0 Å². The van der Waals surface area contributed by atoms with Gasteiger partial charge in [0, 0.05) is 22.3 Å². The Kier molecular flexibility index (Phi) is 6.80. The van der Waals surface area contributed by atoms with Crippen molar-refractivity contribution >= 4 is 49.7 Å². The zero-order valence-corrected chi connectivity index (χ0v) is 26.1. The summed E-state index contributed by atoms with van der Waals surface area (Å²) in [6.07, 6.45) is 0. The zero-order chi connectivity index (χ0) is 31.9. The number of fused-ring (bicyclic) bond motifs is 3. The van der Waals surface area contributed by atoms with Crippen molar-refractivity contribution in [3.05, 3.63) is 182 Å². The summed E-state index contributed by atoms with van der Waals surface area (Å²) in [7, 11) is 0. The van der Waals surface area contributed by atoms with Gasteiger partial charge in [0.15, 0.2) is 5.58 Å². The zero-order valence-electron chi connectivity index (χ0n) is 26.1. The Bertz CT molecular complexity index is 2400. The first-order valence-corrected chi connectivity index (χ1v) is 16.2. The smallest absolute Gasteiger partial charge is 0.227 e. The van der Waals surface area contributed by atoms with Gasteiger partial charge < -0.3 is 9.32 Å². The fourth-order valence-electron chi connectivity index (χ4n) is 6.69. The molecule has 0 aliphatic carbocycles. The van der Waals surface area contributed by atoms with E-state index in [2.05, 4.69) is 181 Å². The fourth-order valence-corrected chi connectivity index (χ4v) is 6.69. The molecule has 8 aromatic carbocycles. The molecule has 0 aliphatic rings. The molecular weight excluding hydrogens is 585 g/mol. The van der Waals surface area contributed by atoms with E-state index in [4.69, 9.17) is 9.40 Å². The van der Waals surface area contributed by atoms with E-state index in [-0.39, 0.29) is 0 Å². The quantitative estimate of drug-likeness (QED) is 0.187. The molecule has 0 bridgehead atoms. The number of aromatic nitrogens is 1. The third-order valence-corrected chi connectivity index (χ3v) is 9.09. The molecule has 1 heterocycles. The van der Waals surface area contributed by atoms with E-state index in [0.29, 0.717) is 5.89 Å². The van der Waals surface area contributed by atoms with E-state index in [9.17, 15) is 0 Å². The van der Waals surface area contributed by atoms with Crippen LogP contribution in [0.5, 0.6) is 0 Å². The Morgan fingerprint density at radius 3 is 1.52 bits per heavy atom. The van der Waals surface area contributed by atoms with Gasteiger partial charge >= 0.3 is 0 Å². The van der Waals surface area contributed by atoms with Crippen LogP contribution in [0.3, 0.4) is 0 Å². The Morgan fingerprint density at radius 1 is 0.417 bits per heavy atom. The number of oxazole rings is 1. The summed E-state index contributed by atoms with van der Waals surface area (Å²) in [6.45, 7) is 0. The third-order valence-electron chi connectivity index (χ3n) is 9.09. The average molecular weight is 615 g/mol. The van der Waals surface area contributed by atoms with Gasteiger partial charge in [-0.2, -0.15) is 0 Å². The molecule has 0 spiro atoms. The lowest BCUT2D eigenvalue weighted by Crippen LogP contribution is -2.10. The number of anilines is 3. The number of benzene rings is 8. The highest BCUT2D eigenvalue weighted by atomic mass is 16.3. The molecule has 9 aromatic rings. The first-order chi connectivity index (χ1) is 23.8. The maximum Gasteiger partial charge on any atom is 0.227 e. The predicted molar refractivity (Wildman–Crippen MR) is 200 cm³/mol. The van der Waals surface area contributed by atoms with E-state index in [1.807, 2.05) is 6.07 Å². The van der Waals surface area contributed by atoms with E-state index >= 15 is 0 Å². The molecule has 0 saturated carbocycles. The Labute approximate surface area is 279 Å². The van der Waals surface area contributed by atoms with Crippen molar-refractivity contribution in [2.24, 2.45) is 0 Å². The minimum absolute atomic E-state index is 0.619. The number of rotatable bonds is 6. The average Bonchev–Trinajstić information content (AvgIpc) is 3.58. The molecule has 0 fully saturated rings. The molecule has 48 heavy (non-hydrogen) atoms. The molecule has 226 valence electrons. The molecule has 3 nitrogen and oxygen atoms in total. The van der Waals surface area contributed by atoms with Gasteiger partial charge in [0.2, 0.25) is 5.89 Å². The molecule has 0 saturated heterocycles. The third kappa shape index (κ3) is 4.99. The maximum absolute atomic E-state index is 6.43. The highest BCUT2D eigenvalue weighted by molar-refractivity contribution is 6.06. The van der Waals surface area contributed by atoms with Crippen LogP contribution in [-0.2, 0) is 0 Å². The van der Waals surface area contributed by atoms with Crippen LogP contribution in [-0.4, -0.2) is 4.98 Å². The van der Waals surface area contributed by atoms with Crippen molar-refractivity contribution in [2.45, 2.75) is 0 Å². The summed E-state index contributed by atoms with van der Waals surface area (Å²) in [6, 6.07) is 64.1. The monoisotopic (exact) mass is 614 g/mol. The van der Waals surface area contributed by atoms with Crippen molar-refractivity contribution in [1.29, 1.82) is 0 Å². The highest BCUT2D eigenvalue weighted by Gasteiger charge is 2.20. The lowest BCUT2D eigenvalue weighted by Gasteiger charge is -2.27. The fraction of sp³-hybridized carbons (Fsp3) is 0. The molecular formula is C45H30N2O. The first kappa shape index (κ1) is 27.8. The van der Waals surface area contributed by atoms with Crippen LogP contribution in [0, 0.1) is 0 Å². The van der Waals surface area contributed by atoms with Crippen molar-refractivity contribution < 1.29 is 4.42 Å². The Balaban J connectivity index is 1.19. The van der Waals surface area contributed by atoms with Crippen molar-refractivity contribution in [2.75, 3.05) is 4.90 Å². The molecule has 1 aromatic heterocycles. The SMILES string of the molecule is c1ccc(-c2ccc(N(c3ccc(-c4ccccc4)cc3)c3ccc(-c4nc5cc6ccccc6cc5o4)c4ccccc34)cc2)cc1. The lowest BCUT2D eigenvalue weighted by atomic mass is 10.00. The van der Waals surface area contributed by atoms with E-state index in [0.717, 1.165) is 55.3 Å². The predicted octanol–water partition coefficient (Wildman–Crippen LogP) is 12.6. The van der Waals surface area contributed by atoms with E-state index < -0.39 is 0 Å². The van der Waals surface area contributed by atoms with Crippen LogP contribution in [0.25, 0.3) is 66.4 Å². The van der Waals surface area contributed by atoms with E-state index in [1.54, 1.807) is 0 Å². The van der Waals surface area contributed by atoms with Gasteiger partial charge in [-0.05, 0) is 86.9 Å². The minimum Gasteiger partial charge on any atom is -0.436 e. The topological polar surface area (TPSA) is 29.3 Å². The van der Waals surface area contributed by atoms with Gasteiger partial charge in [0.1, 0.15) is 5.52 Å². The summed E-state index contributed by atoms with van der Waals surface area (Å²) in [4.78, 5) is 7.31. The Hall–Kier alpha value is -6.45. The van der Waals surface area contributed by atoms with Gasteiger partial charge in [-0.3, -0.25) is 0 Å². The molecule has 0 amide bonds. The largest absolute Gasteiger partial charge is 0.436 e. The lowest BCUT2D eigenvalue weighted by molar-refractivity contribution is 0.621. The second kappa shape index (κ2) is 11.7. The van der Waals surface area contributed by atoms with Crippen molar-refractivity contribution in [3.63, 3.8) is 0 Å². The normalized spacial score (nSPS) is 11.3. The summed E-state index contributed by atoms with van der Waals surface area (Å²) in [5.41, 5.74) is 10.6. The Morgan fingerprint density at radius 2 is 0.917 bits per heavy atom. The summed E-state index contributed by atoms with van der Waals surface area (Å²) in [5, 5.41) is 4.48. The van der Waals surface area contributed by atoms with Crippen molar-refractivity contribution in [3.8, 4) is 33.7 Å². The summed E-state index contributed by atoms with van der Waals surface area (Å²) < 4.78 is 6.43. The van der Waals surface area contributed by atoms with Crippen LogP contribution in [0.2, 0.25) is 0 Å². The number of hydrogen-bond acceptors (Lipinski definition) is 3. The second-order valence-electron chi connectivity index (χ2n) is 12.0. The molecule has 0 aliphatic heterocycles. The minimum atomic E-state index is 0.619. The van der Waals surface area contributed by atoms with Gasteiger partial charge in [0.05, 0.1) is 5.69 Å². The van der Waals surface area contributed by atoms with Gasteiger partial charge in [-0.1, -0.05) is 133 Å². The molecule has 0 unspecified atom stereocenters. The molecule has 3 heteroatoms. The van der Waals surface area contributed by atoms with Crippen LogP contribution in [0.1, 0.15) is 0 Å². The maximum atomic E-state index is 6.43. The standard InChI is InChI=1S/C45H30N2O/c1-3-11-31(12-4-1)33-19-23-37(24-20-33)47(38-25-21-34(22-26-38)32-13-5-2-6-14-32)43-28-27-41(39-17-9-10-18-40(39)43)45-46-42-29-35-15-7-8-16-36(35)30-44(42)48-45/h1-30H. The van der Waals surface area contributed by atoms with Crippen LogP contribution < -0.4 is 4.90 Å². The van der Waals surface area contributed by atoms with Crippen LogP contribution in [0.15, 0.2) is 186 Å². The molecule has 0 radical (unpaired) electrons. The van der Waals surface area contributed by atoms with Gasteiger partial charge in [-0.15, -0.1) is 0 Å². The van der Waals surface area contributed by atoms with Gasteiger partial charge in [0.25, 0.3) is 0 Å². The molecule has 0 N–H and O–H groups in total. The first-order valence-electron chi connectivity index (χ1n) is 16.2. The van der Waals surface area contributed by atoms with Crippen LogP contribution in [0.4, 0.5) is 17.1 Å².